The summed E-state index contributed by atoms with van der Waals surface area (Å²) in [6, 6.07) is 0. The SMILES string of the molecule is Cc1nc2nc(C(F)(F)F)nn2c(C)c1CCC(=O)OC1C2CCOC2C1(C)C. The summed E-state index contributed by atoms with van der Waals surface area (Å²) in [4.78, 5) is 20.0. The van der Waals surface area contributed by atoms with E-state index in [0.29, 0.717) is 30.0 Å². The van der Waals surface area contributed by atoms with Crippen LogP contribution in [0.2, 0.25) is 0 Å². The maximum atomic E-state index is 12.9. The molecular formula is C19H23F3N4O3. The number of carbonyl (C=O) groups excluding carboxylic acids is 1. The first-order valence-electron chi connectivity index (χ1n) is 9.61. The molecule has 2 aliphatic rings. The van der Waals surface area contributed by atoms with Crippen molar-refractivity contribution < 1.29 is 27.4 Å². The molecule has 2 aromatic heterocycles. The highest BCUT2D eigenvalue weighted by atomic mass is 19.4. The second-order valence-electron chi connectivity index (χ2n) is 8.38. The lowest BCUT2D eigenvalue weighted by Crippen LogP contribution is -2.61. The minimum atomic E-state index is -4.64. The Hall–Kier alpha value is -2.23. The number of esters is 1. The number of aromatic nitrogens is 4. The second kappa shape index (κ2) is 6.65. The average molecular weight is 412 g/mol. The fourth-order valence-corrected chi connectivity index (χ4v) is 4.63. The summed E-state index contributed by atoms with van der Waals surface area (Å²) in [7, 11) is 0. The van der Waals surface area contributed by atoms with E-state index in [1.54, 1.807) is 13.8 Å². The van der Waals surface area contributed by atoms with Gasteiger partial charge in [0, 0.05) is 35.7 Å². The molecule has 4 rings (SSSR count). The van der Waals surface area contributed by atoms with E-state index < -0.39 is 12.0 Å². The minimum Gasteiger partial charge on any atom is -0.461 e. The van der Waals surface area contributed by atoms with Crippen LogP contribution in [0.25, 0.3) is 5.78 Å². The summed E-state index contributed by atoms with van der Waals surface area (Å²) < 4.78 is 51.2. The van der Waals surface area contributed by atoms with Gasteiger partial charge in [-0.2, -0.15) is 18.2 Å². The molecule has 2 fully saturated rings. The number of fused-ring (bicyclic) bond motifs is 2. The van der Waals surface area contributed by atoms with E-state index in [9.17, 15) is 18.0 Å². The number of aryl methyl sites for hydroxylation is 2. The summed E-state index contributed by atoms with van der Waals surface area (Å²) in [5.74, 6) is -1.43. The van der Waals surface area contributed by atoms with Gasteiger partial charge in [0.25, 0.3) is 11.6 Å². The third-order valence-corrected chi connectivity index (χ3v) is 6.13. The molecule has 2 aromatic rings. The molecule has 1 saturated carbocycles. The average Bonchev–Trinajstić information content (AvgIpc) is 3.25. The van der Waals surface area contributed by atoms with E-state index >= 15 is 0 Å². The molecule has 10 heteroatoms. The molecule has 3 heterocycles. The number of halogens is 3. The first-order valence-corrected chi connectivity index (χ1v) is 9.61. The number of nitrogens with zero attached hydrogens (tertiary/aromatic N) is 4. The molecule has 0 spiro atoms. The number of hydrogen-bond acceptors (Lipinski definition) is 6. The molecular weight excluding hydrogens is 389 g/mol. The van der Waals surface area contributed by atoms with Crippen LogP contribution in [-0.2, 0) is 26.9 Å². The highest BCUT2D eigenvalue weighted by Gasteiger charge is 2.61. The van der Waals surface area contributed by atoms with Crippen molar-refractivity contribution in [3.63, 3.8) is 0 Å². The quantitative estimate of drug-likeness (QED) is 0.719. The molecule has 0 bridgehead atoms. The normalized spacial score (nSPS) is 25.7. The van der Waals surface area contributed by atoms with E-state index in [1.807, 2.05) is 13.8 Å². The second-order valence-corrected chi connectivity index (χ2v) is 8.38. The largest absolute Gasteiger partial charge is 0.461 e. The van der Waals surface area contributed by atoms with Gasteiger partial charge < -0.3 is 9.47 Å². The van der Waals surface area contributed by atoms with Crippen molar-refractivity contribution in [3.8, 4) is 0 Å². The first kappa shape index (κ1) is 20.1. The molecule has 0 aromatic carbocycles. The van der Waals surface area contributed by atoms with Gasteiger partial charge in [-0.15, -0.1) is 5.10 Å². The summed E-state index contributed by atoms with van der Waals surface area (Å²) in [6.45, 7) is 8.09. The zero-order chi connectivity index (χ0) is 21.1. The van der Waals surface area contributed by atoms with E-state index in [1.165, 1.54) is 0 Å². The summed E-state index contributed by atoms with van der Waals surface area (Å²) >= 11 is 0. The fourth-order valence-electron chi connectivity index (χ4n) is 4.63. The Morgan fingerprint density at radius 1 is 1.31 bits per heavy atom. The first-order chi connectivity index (χ1) is 13.5. The van der Waals surface area contributed by atoms with Gasteiger partial charge in [0.15, 0.2) is 0 Å². The fraction of sp³-hybridized carbons (Fsp3) is 0.684. The molecule has 3 unspecified atom stereocenters. The highest BCUT2D eigenvalue weighted by molar-refractivity contribution is 5.70. The Labute approximate surface area is 165 Å². The van der Waals surface area contributed by atoms with Crippen LogP contribution in [-0.4, -0.2) is 44.4 Å². The van der Waals surface area contributed by atoms with Gasteiger partial charge in [-0.25, -0.2) is 9.50 Å². The van der Waals surface area contributed by atoms with Gasteiger partial charge in [-0.3, -0.25) is 4.79 Å². The summed E-state index contributed by atoms with van der Waals surface area (Å²) in [5.41, 5.74) is 1.47. The van der Waals surface area contributed by atoms with Gasteiger partial charge in [0.05, 0.1) is 6.10 Å². The van der Waals surface area contributed by atoms with Crippen LogP contribution in [0, 0.1) is 25.2 Å². The predicted octanol–water partition coefficient (Wildman–Crippen LogP) is 3.05. The number of ether oxygens (including phenoxy) is 2. The van der Waals surface area contributed by atoms with Crippen molar-refractivity contribution in [2.75, 3.05) is 6.61 Å². The van der Waals surface area contributed by atoms with Crippen LogP contribution in [0.3, 0.4) is 0 Å². The van der Waals surface area contributed by atoms with Crippen LogP contribution in [0.4, 0.5) is 13.2 Å². The molecule has 3 atom stereocenters. The van der Waals surface area contributed by atoms with Crippen molar-refractivity contribution in [3.05, 3.63) is 22.8 Å². The molecule has 0 amide bonds. The van der Waals surface area contributed by atoms with E-state index in [4.69, 9.17) is 9.47 Å². The van der Waals surface area contributed by atoms with E-state index in [2.05, 4.69) is 15.1 Å². The van der Waals surface area contributed by atoms with Gasteiger partial charge >= 0.3 is 12.1 Å². The Balaban J connectivity index is 1.47. The maximum Gasteiger partial charge on any atom is 0.453 e. The van der Waals surface area contributed by atoms with Crippen LogP contribution in [0.1, 0.15) is 49.5 Å². The summed E-state index contributed by atoms with van der Waals surface area (Å²) in [5, 5.41) is 3.53. The zero-order valence-electron chi connectivity index (χ0n) is 16.7. The Morgan fingerprint density at radius 3 is 2.72 bits per heavy atom. The lowest BCUT2D eigenvalue weighted by atomic mass is 9.59. The van der Waals surface area contributed by atoms with Crippen LogP contribution in [0.5, 0.6) is 0 Å². The number of rotatable bonds is 4. The van der Waals surface area contributed by atoms with Gasteiger partial charge in [0.2, 0.25) is 0 Å². The molecule has 1 saturated heterocycles. The van der Waals surface area contributed by atoms with Crippen LogP contribution >= 0.6 is 0 Å². The topological polar surface area (TPSA) is 78.6 Å². The van der Waals surface area contributed by atoms with E-state index in [0.717, 1.165) is 10.9 Å². The number of hydrogen-bond donors (Lipinski definition) is 0. The van der Waals surface area contributed by atoms with E-state index in [-0.39, 0.29) is 41.7 Å². The third-order valence-electron chi connectivity index (χ3n) is 6.13. The van der Waals surface area contributed by atoms with Gasteiger partial charge in [-0.05, 0) is 32.3 Å². The Kier molecular flexibility index (Phi) is 4.60. The molecule has 0 radical (unpaired) electrons. The smallest absolute Gasteiger partial charge is 0.453 e. The van der Waals surface area contributed by atoms with Crippen molar-refractivity contribution in [2.24, 2.45) is 11.3 Å². The van der Waals surface area contributed by atoms with Crippen molar-refractivity contribution in [1.82, 2.24) is 19.6 Å². The highest BCUT2D eigenvalue weighted by Crippen LogP contribution is 2.53. The van der Waals surface area contributed by atoms with Gasteiger partial charge in [-0.1, -0.05) is 13.8 Å². The molecule has 29 heavy (non-hydrogen) atoms. The maximum absolute atomic E-state index is 12.9. The Bertz CT molecular complexity index is 970. The van der Waals surface area contributed by atoms with Crippen molar-refractivity contribution >= 4 is 11.7 Å². The number of alkyl halides is 3. The van der Waals surface area contributed by atoms with Crippen molar-refractivity contribution in [2.45, 2.75) is 65.3 Å². The molecule has 0 N–H and O–H groups in total. The zero-order valence-corrected chi connectivity index (χ0v) is 16.7. The third kappa shape index (κ3) is 3.27. The van der Waals surface area contributed by atoms with Crippen LogP contribution in [0.15, 0.2) is 0 Å². The van der Waals surface area contributed by atoms with Crippen LogP contribution < -0.4 is 0 Å². The summed E-state index contributed by atoms with van der Waals surface area (Å²) in [6.07, 6.45) is -3.38. The standard InChI is InChI=1S/C19H23F3N4O3/c1-9-11(10(2)26-17(23-9)24-16(25-26)19(20,21)22)5-6-13(27)29-15-12-7-8-28-14(12)18(15,3)4/h12,14-15H,5-8H2,1-4H3. The lowest BCUT2D eigenvalue weighted by Gasteiger charge is -2.53. The van der Waals surface area contributed by atoms with Crippen molar-refractivity contribution in [1.29, 1.82) is 0 Å². The molecule has 158 valence electrons. The monoisotopic (exact) mass is 412 g/mol. The van der Waals surface area contributed by atoms with Gasteiger partial charge in [0.1, 0.15) is 6.10 Å². The molecule has 7 nitrogen and oxygen atoms in total. The minimum absolute atomic E-state index is 0.109. The molecule has 1 aliphatic carbocycles. The molecule has 1 aliphatic heterocycles. The lowest BCUT2D eigenvalue weighted by molar-refractivity contribution is -0.210. The Morgan fingerprint density at radius 2 is 2.03 bits per heavy atom. The predicted molar refractivity (Wildman–Crippen MR) is 95.1 cm³/mol. The number of carbonyl (C=O) groups is 1.